The summed E-state index contributed by atoms with van der Waals surface area (Å²) >= 11 is 0. The van der Waals surface area contributed by atoms with Gasteiger partial charge in [0.05, 0.1) is 17.7 Å². The van der Waals surface area contributed by atoms with Crippen LogP contribution in [-0.4, -0.2) is 20.2 Å². The van der Waals surface area contributed by atoms with Crippen LogP contribution in [0, 0.1) is 0 Å². The number of aromatic nitrogens is 1. The SMILES string of the molecule is COc1ccc(-c2cccn2NS(=O)(=O)c2ccccc2)cc1. The molecular formula is C17H16N2O3S. The maximum atomic E-state index is 12.4. The van der Waals surface area contributed by atoms with Crippen LogP contribution in [0.25, 0.3) is 11.3 Å². The summed E-state index contributed by atoms with van der Waals surface area (Å²) < 4.78 is 31.5. The lowest BCUT2D eigenvalue weighted by atomic mass is 10.1. The van der Waals surface area contributed by atoms with Crippen molar-refractivity contribution in [3.63, 3.8) is 0 Å². The first-order valence-electron chi connectivity index (χ1n) is 7.00. The zero-order valence-corrected chi connectivity index (χ0v) is 13.3. The Morgan fingerprint density at radius 3 is 2.26 bits per heavy atom. The van der Waals surface area contributed by atoms with Crippen molar-refractivity contribution in [2.24, 2.45) is 0 Å². The van der Waals surface area contributed by atoms with Gasteiger partial charge in [0.2, 0.25) is 0 Å². The fraction of sp³-hybridized carbons (Fsp3) is 0.0588. The lowest BCUT2D eigenvalue weighted by Gasteiger charge is -2.13. The zero-order chi connectivity index (χ0) is 16.3. The molecular weight excluding hydrogens is 312 g/mol. The Labute approximate surface area is 135 Å². The molecule has 0 spiro atoms. The summed E-state index contributed by atoms with van der Waals surface area (Å²) in [6.07, 6.45) is 1.67. The van der Waals surface area contributed by atoms with E-state index in [0.717, 1.165) is 17.0 Å². The van der Waals surface area contributed by atoms with Crippen LogP contribution in [0.1, 0.15) is 0 Å². The highest BCUT2D eigenvalue weighted by atomic mass is 32.2. The summed E-state index contributed by atoms with van der Waals surface area (Å²) in [7, 11) is -2.04. The topological polar surface area (TPSA) is 60.3 Å². The third kappa shape index (κ3) is 3.22. The molecule has 0 amide bonds. The van der Waals surface area contributed by atoms with Crippen molar-refractivity contribution in [1.82, 2.24) is 4.68 Å². The molecule has 0 unspecified atom stereocenters. The smallest absolute Gasteiger partial charge is 0.275 e. The van der Waals surface area contributed by atoms with E-state index in [2.05, 4.69) is 4.83 Å². The van der Waals surface area contributed by atoms with Gasteiger partial charge in [0, 0.05) is 11.8 Å². The minimum absolute atomic E-state index is 0.217. The number of hydrogen-bond donors (Lipinski definition) is 1. The maximum absolute atomic E-state index is 12.4. The Hall–Kier alpha value is -2.73. The van der Waals surface area contributed by atoms with Crippen molar-refractivity contribution >= 4 is 10.0 Å². The first kappa shape index (κ1) is 15.2. The molecule has 6 heteroatoms. The minimum Gasteiger partial charge on any atom is -0.497 e. The van der Waals surface area contributed by atoms with E-state index in [4.69, 9.17) is 4.74 Å². The predicted molar refractivity (Wildman–Crippen MR) is 89.4 cm³/mol. The molecule has 1 N–H and O–H groups in total. The Morgan fingerprint density at radius 1 is 0.913 bits per heavy atom. The van der Waals surface area contributed by atoms with Gasteiger partial charge in [-0.2, -0.15) is 8.42 Å². The number of rotatable bonds is 5. The molecule has 23 heavy (non-hydrogen) atoms. The fourth-order valence-corrected chi connectivity index (χ4v) is 3.28. The van der Waals surface area contributed by atoms with Crippen LogP contribution < -0.4 is 9.57 Å². The highest BCUT2D eigenvalue weighted by Crippen LogP contribution is 2.23. The van der Waals surface area contributed by atoms with E-state index in [9.17, 15) is 8.42 Å². The molecule has 0 aliphatic heterocycles. The normalized spacial score (nSPS) is 11.2. The number of nitrogens with zero attached hydrogens (tertiary/aromatic N) is 1. The van der Waals surface area contributed by atoms with E-state index in [1.807, 2.05) is 30.3 Å². The first-order chi connectivity index (χ1) is 11.1. The number of nitrogens with one attached hydrogen (secondary N) is 1. The van der Waals surface area contributed by atoms with Crippen LogP contribution in [0.2, 0.25) is 0 Å². The minimum atomic E-state index is -3.64. The summed E-state index contributed by atoms with van der Waals surface area (Å²) in [6.45, 7) is 0. The summed E-state index contributed by atoms with van der Waals surface area (Å²) in [6, 6.07) is 19.3. The summed E-state index contributed by atoms with van der Waals surface area (Å²) in [5.74, 6) is 0.747. The molecule has 2 aromatic carbocycles. The number of sulfonamides is 1. The van der Waals surface area contributed by atoms with E-state index in [0.29, 0.717) is 0 Å². The van der Waals surface area contributed by atoms with E-state index < -0.39 is 10.0 Å². The third-order valence-electron chi connectivity index (χ3n) is 3.41. The molecule has 0 saturated carbocycles. The van der Waals surface area contributed by atoms with Crippen LogP contribution in [0.3, 0.4) is 0 Å². The van der Waals surface area contributed by atoms with Gasteiger partial charge in [-0.3, -0.25) is 4.68 Å². The van der Waals surface area contributed by atoms with Crippen molar-refractivity contribution in [3.8, 4) is 17.0 Å². The molecule has 0 saturated heterocycles. The second kappa shape index (κ2) is 6.18. The van der Waals surface area contributed by atoms with E-state index in [1.165, 1.54) is 4.68 Å². The third-order valence-corrected chi connectivity index (χ3v) is 4.74. The van der Waals surface area contributed by atoms with Crippen molar-refractivity contribution in [2.45, 2.75) is 4.90 Å². The fourth-order valence-electron chi connectivity index (χ4n) is 2.24. The Balaban J connectivity index is 1.92. The van der Waals surface area contributed by atoms with Crippen molar-refractivity contribution in [2.75, 3.05) is 11.9 Å². The molecule has 1 aromatic heterocycles. The zero-order valence-electron chi connectivity index (χ0n) is 12.5. The average Bonchev–Trinajstić information content (AvgIpc) is 3.03. The predicted octanol–water partition coefficient (Wildman–Crippen LogP) is 3.10. The second-order valence-electron chi connectivity index (χ2n) is 4.90. The van der Waals surface area contributed by atoms with Crippen LogP contribution in [-0.2, 0) is 10.0 Å². The molecule has 1 heterocycles. The molecule has 118 valence electrons. The lowest BCUT2D eigenvalue weighted by Crippen LogP contribution is -2.23. The van der Waals surface area contributed by atoms with Crippen molar-refractivity contribution in [3.05, 3.63) is 72.9 Å². The lowest BCUT2D eigenvalue weighted by molar-refractivity contribution is 0.415. The van der Waals surface area contributed by atoms with Crippen LogP contribution in [0.4, 0.5) is 0 Å². The molecule has 3 aromatic rings. The van der Waals surface area contributed by atoms with E-state index in [-0.39, 0.29) is 4.90 Å². The summed E-state index contributed by atoms with van der Waals surface area (Å²) in [5, 5.41) is 0. The number of ether oxygens (including phenoxy) is 1. The highest BCUT2D eigenvalue weighted by molar-refractivity contribution is 7.92. The average molecular weight is 328 g/mol. The molecule has 0 aliphatic rings. The number of hydrogen-bond acceptors (Lipinski definition) is 3. The van der Waals surface area contributed by atoms with E-state index in [1.54, 1.807) is 49.7 Å². The monoisotopic (exact) mass is 328 g/mol. The molecule has 0 bridgehead atoms. The first-order valence-corrected chi connectivity index (χ1v) is 8.48. The molecule has 0 aliphatic carbocycles. The van der Waals surface area contributed by atoms with Gasteiger partial charge in [-0.25, -0.2) is 4.83 Å². The molecule has 0 fully saturated rings. The maximum Gasteiger partial charge on any atom is 0.275 e. The largest absolute Gasteiger partial charge is 0.497 e. The molecule has 0 radical (unpaired) electrons. The molecule has 0 atom stereocenters. The number of methoxy groups -OCH3 is 1. The Kier molecular flexibility index (Phi) is 4.08. The van der Waals surface area contributed by atoms with Crippen LogP contribution in [0.15, 0.2) is 77.8 Å². The number of benzene rings is 2. The van der Waals surface area contributed by atoms with E-state index >= 15 is 0 Å². The second-order valence-corrected chi connectivity index (χ2v) is 6.56. The van der Waals surface area contributed by atoms with Gasteiger partial charge in [-0.1, -0.05) is 18.2 Å². The van der Waals surface area contributed by atoms with Gasteiger partial charge in [0.15, 0.2) is 0 Å². The van der Waals surface area contributed by atoms with Gasteiger partial charge in [-0.15, -0.1) is 0 Å². The van der Waals surface area contributed by atoms with Gasteiger partial charge in [0.1, 0.15) is 5.75 Å². The molecule has 3 rings (SSSR count). The standard InChI is InChI=1S/C17H16N2O3S/c1-22-15-11-9-14(10-12-15)17-8-5-13-19(17)18-23(20,21)16-6-3-2-4-7-16/h2-13,18H,1H3. The molecule has 5 nitrogen and oxygen atoms in total. The van der Waals surface area contributed by atoms with Crippen LogP contribution >= 0.6 is 0 Å². The van der Waals surface area contributed by atoms with Gasteiger partial charge in [-0.05, 0) is 48.5 Å². The summed E-state index contributed by atoms with van der Waals surface area (Å²) in [5.41, 5.74) is 1.62. The Morgan fingerprint density at radius 2 is 1.61 bits per heavy atom. The quantitative estimate of drug-likeness (QED) is 0.783. The van der Waals surface area contributed by atoms with Crippen molar-refractivity contribution in [1.29, 1.82) is 0 Å². The van der Waals surface area contributed by atoms with Gasteiger partial charge >= 0.3 is 0 Å². The summed E-state index contributed by atoms with van der Waals surface area (Å²) in [4.78, 5) is 2.78. The van der Waals surface area contributed by atoms with Crippen molar-refractivity contribution < 1.29 is 13.2 Å². The van der Waals surface area contributed by atoms with Gasteiger partial charge < -0.3 is 4.74 Å². The highest BCUT2D eigenvalue weighted by Gasteiger charge is 2.15. The van der Waals surface area contributed by atoms with Crippen LogP contribution in [0.5, 0.6) is 5.75 Å². The Bertz CT molecular complexity index is 885. The van der Waals surface area contributed by atoms with Gasteiger partial charge in [0.25, 0.3) is 10.0 Å².